The summed E-state index contributed by atoms with van der Waals surface area (Å²) in [5.41, 5.74) is -0.439. The lowest BCUT2D eigenvalue weighted by Crippen LogP contribution is -2.51. The molecule has 1 saturated heterocycles. The van der Waals surface area contributed by atoms with Crippen molar-refractivity contribution in [2.75, 3.05) is 47.4 Å². The first-order valence-electron chi connectivity index (χ1n) is 7.83. The molecule has 2 rings (SSSR count). The molecule has 24 heavy (non-hydrogen) atoms. The molecule has 0 bridgehead atoms. The van der Waals surface area contributed by atoms with Crippen LogP contribution < -0.4 is 4.74 Å². The van der Waals surface area contributed by atoms with Crippen molar-refractivity contribution in [3.8, 4) is 5.75 Å². The number of sulfonamides is 1. The molecule has 0 saturated carbocycles. The first kappa shape index (κ1) is 19.5. The molecule has 1 N–H and O–H groups in total. The van der Waals surface area contributed by atoms with Crippen LogP contribution >= 0.6 is 11.6 Å². The van der Waals surface area contributed by atoms with E-state index in [1.54, 1.807) is 6.07 Å². The monoisotopic (exact) mass is 376 g/mol. The largest absolute Gasteiger partial charge is 0.495 e. The Bertz CT molecular complexity index is 681. The summed E-state index contributed by atoms with van der Waals surface area (Å²) >= 11 is 6.07. The molecule has 0 spiro atoms. The van der Waals surface area contributed by atoms with Gasteiger partial charge in [-0.15, -0.1) is 0 Å². The number of halogens is 1. The molecule has 1 aromatic rings. The average Bonchev–Trinajstić information content (AvgIpc) is 2.54. The van der Waals surface area contributed by atoms with Gasteiger partial charge in [-0.2, -0.15) is 4.31 Å². The lowest BCUT2D eigenvalue weighted by molar-refractivity contribution is 0.0409. The van der Waals surface area contributed by atoms with Crippen molar-refractivity contribution in [3.05, 3.63) is 23.2 Å². The summed E-state index contributed by atoms with van der Waals surface area (Å²) < 4.78 is 32.4. The molecule has 0 aliphatic carbocycles. The predicted octanol–water partition coefficient (Wildman–Crippen LogP) is 1.67. The quantitative estimate of drug-likeness (QED) is 0.817. The summed E-state index contributed by atoms with van der Waals surface area (Å²) in [6.45, 7) is 1.34. The Morgan fingerprint density at radius 2 is 2.12 bits per heavy atom. The van der Waals surface area contributed by atoms with E-state index >= 15 is 0 Å². The molecule has 1 aliphatic heterocycles. The molecule has 0 aromatic heterocycles. The van der Waals surface area contributed by atoms with Gasteiger partial charge in [0.2, 0.25) is 10.0 Å². The van der Waals surface area contributed by atoms with E-state index in [1.807, 2.05) is 19.0 Å². The van der Waals surface area contributed by atoms with E-state index in [1.165, 1.54) is 23.5 Å². The summed E-state index contributed by atoms with van der Waals surface area (Å²) in [6, 6.07) is 4.47. The topological polar surface area (TPSA) is 70.1 Å². The third kappa shape index (κ3) is 4.03. The number of rotatable bonds is 6. The maximum atomic E-state index is 13.0. The summed E-state index contributed by atoms with van der Waals surface area (Å²) in [5, 5.41) is 10.1. The lowest BCUT2D eigenvalue weighted by atomic mass is 9.81. The smallest absolute Gasteiger partial charge is 0.243 e. The van der Waals surface area contributed by atoms with E-state index in [9.17, 15) is 13.5 Å². The van der Waals surface area contributed by atoms with Crippen LogP contribution in [0.3, 0.4) is 0 Å². The fourth-order valence-corrected chi connectivity index (χ4v) is 5.24. The second-order valence-electron chi connectivity index (χ2n) is 6.63. The zero-order valence-corrected chi connectivity index (χ0v) is 15.9. The molecule has 1 aromatic carbocycles. The molecular formula is C16H25ClN2O4S. The number of benzene rings is 1. The summed E-state index contributed by atoms with van der Waals surface area (Å²) in [6.07, 6.45) is 1.52. The molecular weight excluding hydrogens is 352 g/mol. The zero-order chi connectivity index (χ0) is 18.0. The minimum Gasteiger partial charge on any atom is -0.495 e. The summed E-state index contributed by atoms with van der Waals surface area (Å²) in [4.78, 5) is 2.13. The van der Waals surface area contributed by atoms with E-state index in [-0.39, 0.29) is 16.5 Å². The molecule has 6 nitrogen and oxygen atoms in total. The van der Waals surface area contributed by atoms with Gasteiger partial charge in [0.05, 0.1) is 23.6 Å². The normalized spacial score (nSPS) is 22.8. The van der Waals surface area contributed by atoms with Crippen LogP contribution in [0.25, 0.3) is 0 Å². The van der Waals surface area contributed by atoms with Gasteiger partial charge in [-0.1, -0.05) is 11.6 Å². The van der Waals surface area contributed by atoms with Crippen molar-refractivity contribution in [3.63, 3.8) is 0 Å². The Morgan fingerprint density at radius 1 is 1.42 bits per heavy atom. The van der Waals surface area contributed by atoms with Crippen LogP contribution in [0, 0.1) is 5.41 Å². The molecule has 1 fully saturated rings. The second-order valence-corrected chi connectivity index (χ2v) is 8.98. The van der Waals surface area contributed by atoms with Gasteiger partial charge in [0.25, 0.3) is 0 Å². The van der Waals surface area contributed by atoms with Crippen molar-refractivity contribution >= 4 is 21.6 Å². The predicted molar refractivity (Wildman–Crippen MR) is 94.1 cm³/mol. The highest BCUT2D eigenvalue weighted by Gasteiger charge is 2.40. The SMILES string of the molecule is COc1ccc(S(=O)(=O)N2CCCC(CO)(CN(C)C)C2)cc1Cl. The van der Waals surface area contributed by atoms with Gasteiger partial charge in [0.1, 0.15) is 5.75 Å². The lowest BCUT2D eigenvalue weighted by Gasteiger charge is -2.42. The standard InChI is InChI=1S/C16H25ClN2O4S/c1-18(2)10-16(12-20)7-4-8-19(11-16)24(21,22)13-5-6-15(23-3)14(17)9-13/h5-6,9,20H,4,7-8,10-12H2,1-3H3. The number of hydrogen-bond acceptors (Lipinski definition) is 5. The van der Waals surface area contributed by atoms with Crippen LogP contribution in [0.1, 0.15) is 12.8 Å². The fraction of sp³-hybridized carbons (Fsp3) is 0.625. The molecule has 1 heterocycles. The van der Waals surface area contributed by atoms with Gasteiger partial charge in [-0.25, -0.2) is 8.42 Å². The highest BCUT2D eigenvalue weighted by molar-refractivity contribution is 7.89. The highest BCUT2D eigenvalue weighted by Crippen LogP contribution is 2.34. The molecule has 8 heteroatoms. The van der Waals surface area contributed by atoms with Crippen molar-refractivity contribution in [1.82, 2.24) is 9.21 Å². The Kier molecular flexibility index (Phi) is 6.14. The van der Waals surface area contributed by atoms with Crippen molar-refractivity contribution in [1.29, 1.82) is 0 Å². The molecule has 0 amide bonds. The van der Waals surface area contributed by atoms with Gasteiger partial charge in [-0.05, 0) is 45.1 Å². The number of nitrogens with zero attached hydrogens (tertiary/aromatic N) is 2. The third-order valence-corrected chi connectivity index (χ3v) is 6.51. The van der Waals surface area contributed by atoms with E-state index < -0.39 is 15.4 Å². The Balaban J connectivity index is 2.30. The van der Waals surface area contributed by atoms with Crippen molar-refractivity contribution < 1.29 is 18.3 Å². The molecule has 136 valence electrons. The van der Waals surface area contributed by atoms with Gasteiger partial charge in [0.15, 0.2) is 0 Å². The van der Waals surface area contributed by atoms with Gasteiger partial charge >= 0.3 is 0 Å². The van der Waals surface area contributed by atoms with Crippen LogP contribution in [-0.2, 0) is 10.0 Å². The minimum absolute atomic E-state index is 0.0411. The highest BCUT2D eigenvalue weighted by atomic mass is 35.5. The van der Waals surface area contributed by atoms with Gasteiger partial charge in [-0.3, -0.25) is 0 Å². The number of hydrogen-bond donors (Lipinski definition) is 1. The summed E-state index contributed by atoms with van der Waals surface area (Å²) in [5.74, 6) is 0.437. The number of piperidine rings is 1. The Labute approximate surface area is 149 Å². The van der Waals surface area contributed by atoms with Crippen LogP contribution in [0.4, 0.5) is 0 Å². The molecule has 1 unspecified atom stereocenters. The number of ether oxygens (including phenoxy) is 1. The number of aliphatic hydroxyl groups is 1. The average molecular weight is 377 g/mol. The first-order chi connectivity index (χ1) is 11.2. The minimum atomic E-state index is -3.66. The number of aliphatic hydroxyl groups excluding tert-OH is 1. The number of methoxy groups -OCH3 is 1. The van der Waals surface area contributed by atoms with E-state index in [2.05, 4.69) is 0 Å². The fourth-order valence-electron chi connectivity index (χ4n) is 3.30. The van der Waals surface area contributed by atoms with Crippen LogP contribution in [0.15, 0.2) is 23.1 Å². The van der Waals surface area contributed by atoms with Crippen LogP contribution in [0.5, 0.6) is 5.75 Å². The van der Waals surface area contributed by atoms with E-state index in [0.717, 1.165) is 12.8 Å². The zero-order valence-electron chi connectivity index (χ0n) is 14.3. The first-order valence-corrected chi connectivity index (χ1v) is 9.65. The second kappa shape index (κ2) is 7.58. The van der Waals surface area contributed by atoms with Crippen molar-refractivity contribution in [2.24, 2.45) is 5.41 Å². The third-order valence-electron chi connectivity index (χ3n) is 4.37. The maximum Gasteiger partial charge on any atom is 0.243 e. The van der Waals surface area contributed by atoms with Crippen LogP contribution in [-0.4, -0.2) is 70.2 Å². The van der Waals surface area contributed by atoms with Crippen molar-refractivity contribution in [2.45, 2.75) is 17.7 Å². The molecule has 0 radical (unpaired) electrons. The maximum absolute atomic E-state index is 13.0. The molecule has 1 aliphatic rings. The van der Waals surface area contributed by atoms with Crippen LogP contribution in [0.2, 0.25) is 5.02 Å². The van der Waals surface area contributed by atoms with E-state index in [4.69, 9.17) is 16.3 Å². The van der Waals surface area contributed by atoms with E-state index in [0.29, 0.717) is 25.4 Å². The Morgan fingerprint density at radius 3 is 2.67 bits per heavy atom. The summed E-state index contributed by atoms with van der Waals surface area (Å²) in [7, 11) is 1.67. The van der Waals surface area contributed by atoms with Gasteiger partial charge < -0.3 is 14.7 Å². The Hall–Kier alpha value is -0.860. The molecule has 1 atom stereocenters. The van der Waals surface area contributed by atoms with Gasteiger partial charge in [0, 0.05) is 25.0 Å².